The molecule has 1 aromatic heterocycles. The number of anilines is 2. The zero-order valence-corrected chi connectivity index (χ0v) is 15.7. The second kappa shape index (κ2) is 7.28. The first-order valence-electron chi connectivity index (χ1n) is 8.53. The van der Waals surface area contributed by atoms with Gasteiger partial charge >= 0.3 is 5.76 Å². The van der Waals surface area contributed by atoms with E-state index in [1.807, 2.05) is 0 Å². The van der Waals surface area contributed by atoms with E-state index < -0.39 is 21.7 Å². The Morgan fingerprint density at radius 3 is 2.34 bits per heavy atom. The number of amides is 1. The molecule has 0 unspecified atom stereocenters. The maximum atomic E-state index is 12.4. The number of aromatic amines is 1. The topological polar surface area (TPSA) is 121 Å². The van der Waals surface area contributed by atoms with Gasteiger partial charge in [-0.05, 0) is 54.6 Å². The largest absolute Gasteiger partial charge is 0.417 e. The number of nitrogens with one attached hydrogen (secondary N) is 3. The number of carbonyl (C=O) groups is 1. The van der Waals surface area contributed by atoms with Gasteiger partial charge in [-0.25, -0.2) is 13.2 Å². The number of rotatable bonds is 5. The van der Waals surface area contributed by atoms with E-state index in [4.69, 9.17) is 4.42 Å². The fourth-order valence-electron chi connectivity index (χ4n) is 2.73. The van der Waals surface area contributed by atoms with Crippen LogP contribution >= 0.6 is 0 Å². The lowest BCUT2D eigenvalue weighted by molar-refractivity contribution is 0.102. The van der Waals surface area contributed by atoms with Gasteiger partial charge in [0.1, 0.15) is 0 Å². The van der Waals surface area contributed by atoms with Crippen molar-refractivity contribution < 1.29 is 17.6 Å². The Hall–Kier alpha value is -3.85. The van der Waals surface area contributed by atoms with Gasteiger partial charge in [0.15, 0.2) is 5.58 Å². The Balaban J connectivity index is 1.49. The van der Waals surface area contributed by atoms with Gasteiger partial charge in [0.2, 0.25) is 0 Å². The SMILES string of the molecule is O=C(Nc1ccc(S(=O)(=O)Nc2ccccc2)cc1)c1ccc2oc(=O)[nH]c2c1. The van der Waals surface area contributed by atoms with Gasteiger partial charge in [0, 0.05) is 16.9 Å². The predicted molar refractivity (Wildman–Crippen MR) is 108 cm³/mol. The molecule has 3 aromatic carbocycles. The molecule has 1 amide bonds. The van der Waals surface area contributed by atoms with Crippen molar-refractivity contribution >= 4 is 38.4 Å². The molecule has 4 aromatic rings. The summed E-state index contributed by atoms with van der Waals surface area (Å²) in [5.74, 6) is -1.01. The molecule has 0 aliphatic carbocycles. The maximum Gasteiger partial charge on any atom is 0.417 e. The lowest BCUT2D eigenvalue weighted by atomic mass is 10.2. The highest BCUT2D eigenvalue weighted by molar-refractivity contribution is 7.92. The fourth-order valence-corrected chi connectivity index (χ4v) is 3.79. The Bertz CT molecular complexity index is 1340. The van der Waals surface area contributed by atoms with Crippen LogP contribution in [0, 0.1) is 0 Å². The number of hydrogen-bond acceptors (Lipinski definition) is 5. The third-order valence-electron chi connectivity index (χ3n) is 4.13. The smallest absolute Gasteiger partial charge is 0.408 e. The summed E-state index contributed by atoms with van der Waals surface area (Å²) in [5.41, 5.74) is 1.96. The van der Waals surface area contributed by atoms with Crippen LogP contribution in [0.25, 0.3) is 11.1 Å². The summed E-state index contributed by atoms with van der Waals surface area (Å²) < 4.78 is 32.3. The normalized spacial score (nSPS) is 11.3. The molecule has 1 heterocycles. The summed E-state index contributed by atoms with van der Waals surface area (Å²) in [6.45, 7) is 0. The summed E-state index contributed by atoms with van der Waals surface area (Å²) in [4.78, 5) is 26.2. The Labute approximate surface area is 165 Å². The Morgan fingerprint density at radius 2 is 1.62 bits per heavy atom. The van der Waals surface area contributed by atoms with Crippen LogP contribution in [0.15, 0.2) is 86.9 Å². The number of para-hydroxylation sites is 1. The second-order valence-corrected chi connectivity index (χ2v) is 7.86. The molecule has 0 atom stereocenters. The van der Waals surface area contributed by atoms with Crippen molar-refractivity contribution in [3.8, 4) is 0 Å². The van der Waals surface area contributed by atoms with E-state index in [0.29, 0.717) is 28.0 Å². The number of benzene rings is 3. The van der Waals surface area contributed by atoms with E-state index in [0.717, 1.165) is 0 Å². The standard InChI is InChI=1S/C20H15N3O5S/c24-19(13-6-11-18-17(12-13)22-20(25)28-18)21-14-7-9-16(10-8-14)29(26,27)23-15-4-2-1-3-5-15/h1-12,23H,(H,21,24)(H,22,25). The van der Waals surface area contributed by atoms with Gasteiger partial charge < -0.3 is 9.73 Å². The number of fused-ring (bicyclic) bond motifs is 1. The van der Waals surface area contributed by atoms with Crippen molar-refractivity contribution in [2.45, 2.75) is 4.90 Å². The summed E-state index contributed by atoms with van der Waals surface area (Å²) in [5, 5.41) is 2.68. The molecule has 8 nitrogen and oxygen atoms in total. The first-order valence-corrected chi connectivity index (χ1v) is 10.0. The van der Waals surface area contributed by atoms with Crippen molar-refractivity contribution in [1.82, 2.24) is 4.98 Å². The molecule has 9 heteroatoms. The lowest BCUT2D eigenvalue weighted by Crippen LogP contribution is -2.14. The van der Waals surface area contributed by atoms with Crippen molar-refractivity contribution in [2.24, 2.45) is 0 Å². The molecule has 0 aliphatic rings. The van der Waals surface area contributed by atoms with Crippen LogP contribution in [0.5, 0.6) is 0 Å². The van der Waals surface area contributed by atoms with Crippen LogP contribution in [0.1, 0.15) is 10.4 Å². The lowest BCUT2D eigenvalue weighted by Gasteiger charge is -2.09. The van der Waals surface area contributed by atoms with Crippen molar-refractivity contribution in [3.63, 3.8) is 0 Å². The molecule has 0 bridgehead atoms. The van der Waals surface area contributed by atoms with Crippen LogP contribution in [0.3, 0.4) is 0 Å². The van der Waals surface area contributed by atoms with Crippen LogP contribution in [0.4, 0.5) is 11.4 Å². The van der Waals surface area contributed by atoms with Crippen LogP contribution < -0.4 is 15.8 Å². The summed E-state index contributed by atoms with van der Waals surface area (Å²) in [7, 11) is -3.74. The summed E-state index contributed by atoms with van der Waals surface area (Å²) in [6.07, 6.45) is 0. The molecular formula is C20H15N3O5S. The maximum absolute atomic E-state index is 12.4. The quantitative estimate of drug-likeness (QED) is 0.467. The third kappa shape index (κ3) is 4.04. The molecule has 0 radical (unpaired) electrons. The minimum atomic E-state index is -3.74. The third-order valence-corrected chi connectivity index (χ3v) is 5.53. The van der Waals surface area contributed by atoms with Gasteiger partial charge in [-0.1, -0.05) is 18.2 Å². The molecule has 4 rings (SSSR count). The van der Waals surface area contributed by atoms with Crippen LogP contribution in [-0.4, -0.2) is 19.3 Å². The highest BCUT2D eigenvalue weighted by atomic mass is 32.2. The van der Waals surface area contributed by atoms with Crippen molar-refractivity contribution in [3.05, 3.63) is 88.9 Å². The van der Waals surface area contributed by atoms with Crippen LogP contribution in [-0.2, 0) is 10.0 Å². The molecule has 0 fully saturated rings. The van der Waals surface area contributed by atoms with E-state index in [1.165, 1.54) is 42.5 Å². The molecule has 146 valence electrons. The average Bonchev–Trinajstić information content (AvgIpc) is 3.08. The van der Waals surface area contributed by atoms with Gasteiger partial charge in [0.25, 0.3) is 15.9 Å². The number of carbonyl (C=O) groups excluding carboxylic acids is 1. The van der Waals surface area contributed by atoms with Crippen LogP contribution in [0.2, 0.25) is 0 Å². The minimum Gasteiger partial charge on any atom is -0.408 e. The minimum absolute atomic E-state index is 0.0664. The molecular weight excluding hydrogens is 394 g/mol. The average molecular weight is 409 g/mol. The zero-order valence-electron chi connectivity index (χ0n) is 14.9. The number of aromatic nitrogens is 1. The molecule has 0 saturated carbocycles. The Kier molecular flexibility index (Phi) is 4.65. The Morgan fingerprint density at radius 1 is 0.897 bits per heavy atom. The number of sulfonamides is 1. The number of hydrogen-bond donors (Lipinski definition) is 3. The van der Waals surface area contributed by atoms with E-state index in [1.54, 1.807) is 30.3 Å². The number of oxazole rings is 1. The molecule has 0 saturated heterocycles. The summed E-state index contributed by atoms with van der Waals surface area (Å²) >= 11 is 0. The highest BCUT2D eigenvalue weighted by Crippen LogP contribution is 2.19. The zero-order chi connectivity index (χ0) is 20.4. The molecule has 0 aliphatic heterocycles. The monoisotopic (exact) mass is 409 g/mol. The predicted octanol–water partition coefficient (Wildman–Crippen LogP) is 3.17. The van der Waals surface area contributed by atoms with Gasteiger partial charge in [-0.15, -0.1) is 0 Å². The highest BCUT2D eigenvalue weighted by Gasteiger charge is 2.15. The van der Waals surface area contributed by atoms with Gasteiger partial charge in [0.05, 0.1) is 10.4 Å². The van der Waals surface area contributed by atoms with E-state index >= 15 is 0 Å². The molecule has 3 N–H and O–H groups in total. The summed E-state index contributed by atoms with van der Waals surface area (Å²) in [6, 6.07) is 18.9. The number of H-pyrrole nitrogens is 1. The van der Waals surface area contributed by atoms with Gasteiger partial charge in [-0.2, -0.15) is 0 Å². The van der Waals surface area contributed by atoms with E-state index in [2.05, 4.69) is 15.0 Å². The first kappa shape index (κ1) is 18.5. The second-order valence-electron chi connectivity index (χ2n) is 6.18. The molecule has 29 heavy (non-hydrogen) atoms. The van der Waals surface area contributed by atoms with E-state index in [9.17, 15) is 18.0 Å². The molecule has 0 spiro atoms. The van der Waals surface area contributed by atoms with Crippen molar-refractivity contribution in [1.29, 1.82) is 0 Å². The van der Waals surface area contributed by atoms with Gasteiger partial charge in [-0.3, -0.25) is 14.5 Å². The van der Waals surface area contributed by atoms with E-state index in [-0.39, 0.29) is 4.90 Å². The van der Waals surface area contributed by atoms with Crippen molar-refractivity contribution in [2.75, 3.05) is 10.0 Å². The first-order chi connectivity index (χ1) is 13.9. The fraction of sp³-hybridized carbons (Fsp3) is 0.